The van der Waals surface area contributed by atoms with Crippen LogP contribution in [0.4, 0.5) is 0 Å². The average Bonchev–Trinajstić information content (AvgIpc) is 3.23. The molecule has 3 aromatic heterocycles. The molecule has 0 unspecified atom stereocenters. The predicted octanol–water partition coefficient (Wildman–Crippen LogP) is 7.35. The van der Waals surface area contributed by atoms with Gasteiger partial charge in [-0.25, -0.2) is 4.98 Å². The maximum absolute atomic E-state index is 6.16. The molecule has 0 bridgehead atoms. The van der Waals surface area contributed by atoms with Crippen molar-refractivity contribution >= 4 is 34.5 Å². The molecule has 0 radical (unpaired) electrons. The van der Waals surface area contributed by atoms with Gasteiger partial charge in [0, 0.05) is 16.1 Å². The van der Waals surface area contributed by atoms with E-state index in [4.69, 9.17) is 32.6 Å². The summed E-state index contributed by atoms with van der Waals surface area (Å²) in [6.45, 7) is 2.09. The van der Waals surface area contributed by atoms with E-state index in [0.29, 0.717) is 16.0 Å². The summed E-state index contributed by atoms with van der Waals surface area (Å²) in [5.74, 6) is 0.714. The third kappa shape index (κ3) is 3.36. The number of aromatic nitrogens is 1. The Morgan fingerprint density at radius 1 is 0.920 bits per heavy atom. The Kier molecular flexibility index (Phi) is 4.38. The lowest BCUT2D eigenvalue weighted by Gasteiger charge is -2.08. The zero-order chi connectivity index (χ0) is 17.4. The maximum Gasteiger partial charge on any atom is 0.193 e. The van der Waals surface area contributed by atoms with Crippen LogP contribution in [-0.4, -0.2) is 4.98 Å². The Bertz CT molecular complexity index is 1050. The highest BCUT2D eigenvalue weighted by atomic mass is 35.5. The van der Waals surface area contributed by atoms with Crippen LogP contribution in [0.1, 0.15) is 5.56 Å². The van der Waals surface area contributed by atoms with E-state index >= 15 is 0 Å². The van der Waals surface area contributed by atoms with Crippen LogP contribution in [0, 0.1) is 6.92 Å². The van der Waals surface area contributed by atoms with Gasteiger partial charge in [0.25, 0.3) is 0 Å². The van der Waals surface area contributed by atoms with Gasteiger partial charge in [0.1, 0.15) is 5.76 Å². The molecule has 2 nitrogen and oxygen atoms in total. The molecule has 0 atom stereocenters. The Hall–Kier alpha value is -2.07. The van der Waals surface area contributed by atoms with Gasteiger partial charge < -0.3 is 4.42 Å². The summed E-state index contributed by atoms with van der Waals surface area (Å²) < 4.78 is 5.60. The van der Waals surface area contributed by atoms with Crippen molar-refractivity contribution in [3.05, 3.63) is 75.8 Å². The van der Waals surface area contributed by atoms with E-state index < -0.39 is 0 Å². The minimum atomic E-state index is 0.366. The van der Waals surface area contributed by atoms with Crippen molar-refractivity contribution < 1.29 is 4.42 Å². The Morgan fingerprint density at radius 3 is 2.44 bits per heavy atom. The van der Waals surface area contributed by atoms with Crippen molar-refractivity contribution in [1.29, 1.82) is 0 Å². The summed E-state index contributed by atoms with van der Waals surface area (Å²) in [6.07, 6.45) is 0. The zero-order valence-electron chi connectivity index (χ0n) is 13.3. The first-order valence-electron chi connectivity index (χ1n) is 7.68. The SMILES string of the molecule is Cc1ccsc1-c1cc(-c2ccc(Cl)o2)cc(-c2cccc(Cl)c2)n1. The molecule has 0 spiro atoms. The van der Waals surface area contributed by atoms with Gasteiger partial charge in [0.2, 0.25) is 0 Å². The van der Waals surface area contributed by atoms with E-state index in [1.807, 2.05) is 42.5 Å². The monoisotopic (exact) mass is 385 g/mol. The Morgan fingerprint density at radius 2 is 1.76 bits per heavy atom. The highest BCUT2D eigenvalue weighted by molar-refractivity contribution is 7.13. The number of aryl methyl sites for hydroxylation is 1. The Balaban J connectivity index is 1.93. The van der Waals surface area contributed by atoms with Crippen LogP contribution in [-0.2, 0) is 0 Å². The third-order valence-corrected chi connectivity index (χ3v) is 5.38. The highest BCUT2D eigenvalue weighted by Crippen LogP contribution is 2.35. The molecule has 0 aliphatic heterocycles. The number of hydrogen-bond acceptors (Lipinski definition) is 3. The fourth-order valence-electron chi connectivity index (χ4n) is 2.69. The van der Waals surface area contributed by atoms with Gasteiger partial charge >= 0.3 is 0 Å². The number of hydrogen-bond donors (Lipinski definition) is 0. The number of thiophene rings is 1. The van der Waals surface area contributed by atoms with Crippen molar-refractivity contribution in [1.82, 2.24) is 4.98 Å². The summed E-state index contributed by atoms with van der Waals surface area (Å²) in [6, 6.07) is 17.4. The first-order valence-corrected chi connectivity index (χ1v) is 9.32. The second kappa shape index (κ2) is 6.68. The largest absolute Gasteiger partial charge is 0.445 e. The molecular weight excluding hydrogens is 373 g/mol. The number of rotatable bonds is 3. The van der Waals surface area contributed by atoms with Crippen LogP contribution in [0.25, 0.3) is 33.2 Å². The molecule has 5 heteroatoms. The van der Waals surface area contributed by atoms with Gasteiger partial charge in [-0.2, -0.15) is 0 Å². The summed E-state index contributed by atoms with van der Waals surface area (Å²) in [4.78, 5) is 6.00. The van der Waals surface area contributed by atoms with Crippen molar-refractivity contribution in [2.75, 3.05) is 0 Å². The van der Waals surface area contributed by atoms with Crippen molar-refractivity contribution in [3.8, 4) is 33.2 Å². The van der Waals surface area contributed by atoms with Gasteiger partial charge in [-0.15, -0.1) is 11.3 Å². The van der Waals surface area contributed by atoms with Crippen molar-refractivity contribution in [2.24, 2.45) is 0 Å². The lowest BCUT2D eigenvalue weighted by molar-refractivity contribution is 0.584. The summed E-state index contributed by atoms with van der Waals surface area (Å²) in [7, 11) is 0. The molecular formula is C20H13Cl2NOS. The summed E-state index contributed by atoms with van der Waals surface area (Å²) in [5, 5.41) is 3.12. The molecule has 0 saturated carbocycles. The van der Waals surface area contributed by atoms with E-state index in [1.165, 1.54) is 5.56 Å². The van der Waals surface area contributed by atoms with Crippen molar-refractivity contribution in [2.45, 2.75) is 6.92 Å². The summed E-state index contributed by atoms with van der Waals surface area (Å²) in [5.41, 5.74) is 4.84. The molecule has 4 rings (SSSR count). The lowest BCUT2D eigenvalue weighted by Crippen LogP contribution is -1.90. The molecule has 0 fully saturated rings. The topological polar surface area (TPSA) is 26.0 Å². The molecule has 0 aliphatic rings. The number of nitrogens with zero attached hydrogens (tertiary/aromatic N) is 1. The summed E-state index contributed by atoms with van der Waals surface area (Å²) >= 11 is 13.8. The fraction of sp³-hybridized carbons (Fsp3) is 0.0500. The van der Waals surface area contributed by atoms with Crippen LogP contribution >= 0.6 is 34.5 Å². The van der Waals surface area contributed by atoms with Gasteiger partial charge in [0.15, 0.2) is 5.22 Å². The quantitative estimate of drug-likeness (QED) is 0.368. The fourth-order valence-corrected chi connectivity index (χ4v) is 3.91. The van der Waals surface area contributed by atoms with Gasteiger partial charge in [0.05, 0.1) is 16.3 Å². The van der Waals surface area contributed by atoms with E-state index in [9.17, 15) is 0 Å². The zero-order valence-corrected chi connectivity index (χ0v) is 15.6. The molecule has 1 aromatic carbocycles. The van der Waals surface area contributed by atoms with Crippen LogP contribution in [0.2, 0.25) is 10.2 Å². The van der Waals surface area contributed by atoms with Crippen LogP contribution < -0.4 is 0 Å². The number of pyridine rings is 1. The van der Waals surface area contributed by atoms with E-state index in [0.717, 1.165) is 27.4 Å². The first-order chi connectivity index (χ1) is 12.1. The minimum Gasteiger partial charge on any atom is -0.445 e. The normalized spacial score (nSPS) is 11.0. The smallest absolute Gasteiger partial charge is 0.193 e. The van der Waals surface area contributed by atoms with Gasteiger partial charge in [-0.05, 0) is 71.9 Å². The minimum absolute atomic E-state index is 0.366. The molecule has 4 aromatic rings. The van der Waals surface area contributed by atoms with Gasteiger partial charge in [-0.1, -0.05) is 23.7 Å². The van der Waals surface area contributed by atoms with E-state index in [2.05, 4.69) is 18.4 Å². The number of furan rings is 1. The predicted molar refractivity (Wildman–Crippen MR) is 105 cm³/mol. The van der Waals surface area contributed by atoms with Crippen molar-refractivity contribution in [3.63, 3.8) is 0 Å². The van der Waals surface area contributed by atoms with Crippen LogP contribution in [0.15, 0.2) is 64.4 Å². The van der Waals surface area contributed by atoms with Crippen LogP contribution in [0.5, 0.6) is 0 Å². The lowest BCUT2D eigenvalue weighted by atomic mass is 10.1. The van der Waals surface area contributed by atoms with Gasteiger partial charge in [-0.3, -0.25) is 0 Å². The number of benzene rings is 1. The maximum atomic E-state index is 6.16. The second-order valence-corrected chi connectivity index (χ2v) is 7.40. The standard InChI is InChI=1S/C20H13Cl2NOS/c1-12-7-8-25-20(12)17-11-14(18-5-6-19(22)24-18)10-16(23-17)13-3-2-4-15(21)9-13/h2-11H,1H3. The number of halogens is 2. The third-order valence-electron chi connectivity index (χ3n) is 3.90. The van der Waals surface area contributed by atoms with E-state index in [-0.39, 0.29) is 0 Å². The second-order valence-electron chi connectivity index (χ2n) is 5.67. The molecule has 0 saturated heterocycles. The first kappa shape index (κ1) is 16.4. The molecule has 0 amide bonds. The molecule has 124 valence electrons. The molecule has 3 heterocycles. The highest BCUT2D eigenvalue weighted by Gasteiger charge is 2.13. The molecule has 0 aliphatic carbocycles. The average molecular weight is 386 g/mol. The molecule has 0 N–H and O–H groups in total. The van der Waals surface area contributed by atoms with E-state index in [1.54, 1.807) is 17.4 Å². The molecule has 25 heavy (non-hydrogen) atoms. The Labute approximate surface area is 159 Å². The van der Waals surface area contributed by atoms with Crippen LogP contribution in [0.3, 0.4) is 0 Å².